The molecule has 2 N–H and O–H groups in total. The fourth-order valence-electron chi connectivity index (χ4n) is 4.26. The van der Waals surface area contributed by atoms with Gasteiger partial charge in [-0.15, -0.1) is 0 Å². The van der Waals surface area contributed by atoms with Crippen LogP contribution in [-0.2, 0) is 4.79 Å². The van der Waals surface area contributed by atoms with Crippen molar-refractivity contribution in [2.45, 2.75) is 51.6 Å². The number of carbonyl (C=O) groups excluding carboxylic acids is 1. The first kappa shape index (κ1) is 18.2. The molecule has 0 bridgehead atoms. The largest absolute Gasteiger partial charge is 0.493 e. The van der Waals surface area contributed by atoms with Gasteiger partial charge in [0.2, 0.25) is 0 Å². The third-order valence-corrected chi connectivity index (χ3v) is 6.01. The van der Waals surface area contributed by atoms with E-state index in [4.69, 9.17) is 15.2 Å². The molecule has 5 heteroatoms. The smallest absolute Gasteiger partial charge is 0.161 e. The Hall–Kier alpha value is -1.59. The zero-order chi connectivity index (χ0) is 18.0. The summed E-state index contributed by atoms with van der Waals surface area (Å²) in [5, 5.41) is 0. The molecule has 1 saturated heterocycles. The van der Waals surface area contributed by atoms with Crippen LogP contribution in [-0.4, -0.2) is 43.7 Å². The number of nitrogens with zero attached hydrogens (tertiary/aromatic N) is 1. The molecular weight excluding hydrogens is 316 g/mol. The number of carbonyl (C=O) groups is 1. The Labute approximate surface area is 150 Å². The lowest BCUT2D eigenvalue weighted by Gasteiger charge is -2.28. The van der Waals surface area contributed by atoms with Crippen LogP contribution in [0.4, 0.5) is 0 Å². The van der Waals surface area contributed by atoms with Crippen LogP contribution in [0.1, 0.15) is 51.0 Å². The van der Waals surface area contributed by atoms with Crippen LogP contribution in [0.3, 0.4) is 0 Å². The number of ketones is 1. The molecule has 3 rings (SSSR count). The second-order valence-electron chi connectivity index (χ2n) is 7.65. The van der Waals surface area contributed by atoms with Crippen LogP contribution < -0.4 is 15.2 Å². The van der Waals surface area contributed by atoms with Crippen molar-refractivity contribution < 1.29 is 14.3 Å². The third-order valence-electron chi connectivity index (χ3n) is 6.01. The van der Waals surface area contributed by atoms with Crippen molar-refractivity contribution in [1.29, 1.82) is 0 Å². The number of benzene rings is 1. The van der Waals surface area contributed by atoms with E-state index in [-0.39, 0.29) is 17.8 Å². The molecule has 1 aromatic rings. The van der Waals surface area contributed by atoms with Crippen LogP contribution in [0.2, 0.25) is 0 Å². The van der Waals surface area contributed by atoms with Gasteiger partial charge < -0.3 is 15.2 Å². The first-order chi connectivity index (χ1) is 12.0. The predicted molar refractivity (Wildman–Crippen MR) is 98.0 cm³/mol. The van der Waals surface area contributed by atoms with Gasteiger partial charge in [0.1, 0.15) is 5.78 Å². The predicted octanol–water partition coefficient (Wildman–Crippen LogP) is 2.93. The van der Waals surface area contributed by atoms with Crippen LogP contribution in [0, 0.1) is 5.41 Å². The fourth-order valence-corrected chi connectivity index (χ4v) is 4.26. The van der Waals surface area contributed by atoms with E-state index in [0.29, 0.717) is 13.2 Å². The maximum atomic E-state index is 12.4. The Morgan fingerprint density at radius 3 is 2.64 bits per heavy atom. The van der Waals surface area contributed by atoms with Crippen molar-refractivity contribution in [3.05, 3.63) is 23.8 Å². The highest BCUT2D eigenvalue weighted by Crippen LogP contribution is 2.45. The summed E-state index contributed by atoms with van der Waals surface area (Å²) < 4.78 is 11.7. The molecule has 25 heavy (non-hydrogen) atoms. The topological polar surface area (TPSA) is 64.8 Å². The molecule has 2 aliphatic rings. The van der Waals surface area contributed by atoms with Gasteiger partial charge in [-0.3, -0.25) is 9.69 Å². The van der Waals surface area contributed by atoms with E-state index in [2.05, 4.69) is 24.0 Å². The van der Waals surface area contributed by atoms with Crippen LogP contribution >= 0.6 is 0 Å². The van der Waals surface area contributed by atoms with E-state index in [1.165, 1.54) is 12.8 Å². The van der Waals surface area contributed by atoms with Gasteiger partial charge in [0.05, 0.1) is 13.2 Å². The summed E-state index contributed by atoms with van der Waals surface area (Å²) in [7, 11) is 1.67. The standard InChI is InChI=1S/C20H30N2O3/c1-14(23)20(2)12-22(13-21)11-17(20)15-8-9-18(24-3)19(10-15)25-16-6-4-5-7-16/h8-10,16-17H,4-7,11-13,21H2,1-3H3/t17-,20-/m0/s1. The van der Waals surface area contributed by atoms with Crippen LogP contribution in [0.15, 0.2) is 18.2 Å². The zero-order valence-electron chi connectivity index (χ0n) is 15.6. The second kappa shape index (κ2) is 7.34. The molecular formula is C20H30N2O3. The molecule has 2 fully saturated rings. The van der Waals surface area contributed by atoms with Gasteiger partial charge in [-0.1, -0.05) is 13.0 Å². The number of ether oxygens (including phenoxy) is 2. The molecule has 2 atom stereocenters. The quantitative estimate of drug-likeness (QED) is 0.858. The highest BCUT2D eigenvalue weighted by atomic mass is 16.5. The molecule has 138 valence electrons. The summed E-state index contributed by atoms with van der Waals surface area (Å²) in [4.78, 5) is 14.5. The van der Waals surface area contributed by atoms with Crippen LogP contribution in [0.5, 0.6) is 11.5 Å². The molecule has 1 aromatic carbocycles. The molecule has 5 nitrogen and oxygen atoms in total. The van der Waals surface area contributed by atoms with Gasteiger partial charge in [-0.2, -0.15) is 0 Å². The van der Waals surface area contributed by atoms with E-state index in [0.717, 1.165) is 36.4 Å². The van der Waals surface area contributed by atoms with Gasteiger partial charge >= 0.3 is 0 Å². The molecule has 1 heterocycles. The minimum absolute atomic E-state index is 0.116. The molecule has 0 unspecified atom stereocenters. The molecule has 1 aliphatic carbocycles. The summed E-state index contributed by atoms with van der Waals surface area (Å²) in [5.41, 5.74) is 6.56. The number of methoxy groups -OCH3 is 1. The lowest BCUT2D eigenvalue weighted by atomic mass is 9.73. The van der Waals surface area contributed by atoms with Crippen molar-refractivity contribution in [2.75, 3.05) is 26.9 Å². The molecule has 0 radical (unpaired) electrons. The van der Waals surface area contributed by atoms with Gasteiger partial charge in [0, 0.05) is 31.1 Å². The van der Waals surface area contributed by atoms with E-state index < -0.39 is 5.41 Å². The third kappa shape index (κ3) is 3.53. The molecule has 1 saturated carbocycles. The number of rotatable bonds is 6. The first-order valence-corrected chi connectivity index (χ1v) is 9.26. The maximum Gasteiger partial charge on any atom is 0.161 e. The van der Waals surface area contributed by atoms with Crippen molar-refractivity contribution in [2.24, 2.45) is 11.1 Å². The van der Waals surface area contributed by atoms with E-state index >= 15 is 0 Å². The average Bonchev–Trinajstić information content (AvgIpc) is 3.23. The summed E-state index contributed by atoms with van der Waals surface area (Å²) in [6.07, 6.45) is 4.92. The first-order valence-electron chi connectivity index (χ1n) is 9.26. The highest BCUT2D eigenvalue weighted by molar-refractivity contribution is 5.84. The average molecular weight is 346 g/mol. The Bertz CT molecular complexity index is 627. The summed E-state index contributed by atoms with van der Waals surface area (Å²) >= 11 is 0. The van der Waals surface area contributed by atoms with Crippen molar-refractivity contribution in [1.82, 2.24) is 4.90 Å². The Morgan fingerprint density at radius 2 is 2.04 bits per heavy atom. The van der Waals surface area contributed by atoms with Gasteiger partial charge in [0.25, 0.3) is 0 Å². The molecule has 0 amide bonds. The van der Waals surface area contributed by atoms with Crippen molar-refractivity contribution in [3.63, 3.8) is 0 Å². The molecule has 0 spiro atoms. The van der Waals surface area contributed by atoms with E-state index in [9.17, 15) is 4.79 Å². The van der Waals surface area contributed by atoms with Gasteiger partial charge in [-0.25, -0.2) is 0 Å². The van der Waals surface area contributed by atoms with Gasteiger partial charge in [0.15, 0.2) is 11.5 Å². The van der Waals surface area contributed by atoms with Crippen LogP contribution in [0.25, 0.3) is 0 Å². The number of likely N-dealkylation sites (tertiary alicyclic amines) is 1. The number of nitrogens with two attached hydrogens (primary N) is 1. The number of Topliss-reactive ketones (excluding diaryl/α,β-unsaturated/α-hetero) is 1. The lowest BCUT2D eigenvalue weighted by Crippen LogP contribution is -2.34. The number of hydrogen-bond acceptors (Lipinski definition) is 5. The maximum absolute atomic E-state index is 12.4. The SMILES string of the molecule is COc1ccc([C@@H]2CN(CN)C[C@@]2(C)C(C)=O)cc1OC1CCCC1. The lowest BCUT2D eigenvalue weighted by molar-refractivity contribution is -0.125. The number of hydrogen-bond donors (Lipinski definition) is 1. The second-order valence-corrected chi connectivity index (χ2v) is 7.65. The fraction of sp³-hybridized carbons (Fsp3) is 0.650. The normalized spacial score (nSPS) is 27.6. The Morgan fingerprint density at radius 1 is 1.32 bits per heavy atom. The Kier molecular flexibility index (Phi) is 5.35. The van der Waals surface area contributed by atoms with E-state index in [1.54, 1.807) is 14.0 Å². The monoisotopic (exact) mass is 346 g/mol. The molecule has 0 aromatic heterocycles. The highest BCUT2D eigenvalue weighted by Gasteiger charge is 2.46. The Balaban J connectivity index is 1.91. The summed E-state index contributed by atoms with van der Waals surface area (Å²) in [6, 6.07) is 6.10. The van der Waals surface area contributed by atoms with E-state index in [1.807, 2.05) is 6.07 Å². The minimum Gasteiger partial charge on any atom is -0.493 e. The minimum atomic E-state index is -0.418. The van der Waals surface area contributed by atoms with Crippen molar-refractivity contribution >= 4 is 5.78 Å². The summed E-state index contributed by atoms with van der Waals surface area (Å²) in [6.45, 7) is 5.71. The van der Waals surface area contributed by atoms with Crippen molar-refractivity contribution in [3.8, 4) is 11.5 Å². The molecule has 1 aliphatic heterocycles. The zero-order valence-corrected chi connectivity index (χ0v) is 15.6. The summed E-state index contributed by atoms with van der Waals surface area (Å²) in [5.74, 6) is 1.88. The van der Waals surface area contributed by atoms with Gasteiger partial charge in [-0.05, 0) is 50.3 Å².